The number of amides is 1. The molecule has 1 aromatic heterocycles. The minimum absolute atomic E-state index is 0.0161. The number of nitrogens with zero attached hydrogens (tertiary/aromatic N) is 2. The highest BCUT2D eigenvalue weighted by atomic mass is 32.2. The molecule has 1 aromatic rings. The Hall–Kier alpha value is -1.12. The molecule has 1 N–H and O–H groups in total. The van der Waals surface area contributed by atoms with E-state index in [2.05, 4.69) is 10.3 Å². The first-order chi connectivity index (χ1) is 13.0. The van der Waals surface area contributed by atoms with Gasteiger partial charge in [0.05, 0.1) is 10.8 Å². The third-order valence-electron chi connectivity index (χ3n) is 5.55. The van der Waals surface area contributed by atoms with Crippen molar-refractivity contribution in [1.29, 1.82) is 0 Å². The van der Waals surface area contributed by atoms with Crippen molar-refractivity contribution in [1.82, 2.24) is 14.6 Å². The van der Waals surface area contributed by atoms with E-state index >= 15 is 0 Å². The van der Waals surface area contributed by atoms with E-state index in [1.807, 2.05) is 0 Å². The van der Waals surface area contributed by atoms with Crippen LogP contribution in [0.15, 0.2) is 28.3 Å². The van der Waals surface area contributed by atoms with Crippen LogP contribution in [0.5, 0.6) is 0 Å². The predicted molar refractivity (Wildman–Crippen MR) is 107 cm³/mol. The summed E-state index contributed by atoms with van der Waals surface area (Å²) in [7, 11) is -1.85. The molecule has 2 fully saturated rings. The SMILES string of the molecule is CN(C1CCCCC1)S(=O)(=O)c1ccc(SCC(=O)NC2CCCC2)nc1. The number of hydrogen-bond donors (Lipinski definition) is 1. The zero-order valence-electron chi connectivity index (χ0n) is 15.9. The minimum atomic E-state index is -3.52. The summed E-state index contributed by atoms with van der Waals surface area (Å²) < 4.78 is 27.1. The lowest BCUT2D eigenvalue weighted by Crippen LogP contribution is -2.38. The molecule has 0 saturated heterocycles. The van der Waals surface area contributed by atoms with Gasteiger partial charge in [-0.05, 0) is 37.8 Å². The molecule has 150 valence electrons. The maximum atomic E-state index is 12.8. The second-order valence-electron chi connectivity index (χ2n) is 7.48. The van der Waals surface area contributed by atoms with E-state index in [9.17, 15) is 13.2 Å². The van der Waals surface area contributed by atoms with Crippen molar-refractivity contribution in [3.63, 3.8) is 0 Å². The van der Waals surface area contributed by atoms with Crippen molar-refractivity contribution in [3.05, 3.63) is 18.3 Å². The van der Waals surface area contributed by atoms with Crippen LogP contribution in [0, 0.1) is 0 Å². The highest BCUT2D eigenvalue weighted by Crippen LogP contribution is 2.27. The lowest BCUT2D eigenvalue weighted by Gasteiger charge is -2.30. The number of rotatable bonds is 7. The van der Waals surface area contributed by atoms with E-state index in [0.717, 1.165) is 38.5 Å². The van der Waals surface area contributed by atoms with Gasteiger partial charge in [0.15, 0.2) is 0 Å². The van der Waals surface area contributed by atoms with Gasteiger partial charge in [0.25, 0.3) is 0 Å². The number of aromatic nitrogens is 1. The van der Waals surface area contributed by atoms with Gasteiger partial charge in [-0.1, -0.05) is 43.9 Å². The normalized spacial score (nSPS) is 19.5. The third-order valence-corrected chi connectivity index (χ3v) is 8.38. The molecule has 2 aliphatic carbocycles. The van der Waals surface area contributed by atoms with Gasteiger partial charge >= 0.3 is 0 Å². The smallest absolute Gasteiger partial charge is 0.244 e. The fraction of sp³-hybridized carbons (Fsp3) is 0.684. The number of hydrogen-bond acceptors (Lipinski definition) is 5. The first kappa shape index (κ1) is 20.6. The Kier molecular flexibility index (Phi) is 7.16. The van der Waals surface area contributed by atoms with Crippen molar-refractivity contribution in [2.24, 2.45) is 0 Å². The maximum Gasteiger partial charge on any atom is 0.244 e. The van der Waals surface area contributed by atoms with E-state index in [1.54, 1.807) is 19.2 Å². The van der Waals surface area contributed by atoms with Crippen molar-refractivity contribution < 1.29 is 13.2 Å². The summed E-state index contributed by atoms with van der Waals surface area (Å²) in [5.74, 6) is 0.319. The number of carbonyl (C=O) groups is 1. The minimum Gasteiger partial charge on any atom is -0.353 e. The monoisotopic (exact) mass is 411 g/mol. The quantitative estimate of drug-likeness (QED) is 0.697. The summed E-state index contributed by atoms with van der Waals surface area (Å²) in [6.07, 6.45) is 11.1. The van der Waals surface area contributed by atoms with Crippen LogP contribution in [0.1, 0.15) is 57.8 Å². The van der Waals surface area contributed by atoms with E-state index in [4.69, 9.17) is 0 Å². The molecule has 2 saturated carbocycles. The number of carbonyl (C=O) groups excluding carboxylic acids is 1. The van der Waals surface area contributed by atoms with Crippen LogP contribution in [0.2, 0.25) is 0 Å². The standard InChI is InChI=1S/C19H29N3O3S2/c1-22(16-9-3-2-4-10-16)27(24,25)17-11-12-19(20-13-17)26-14-18(23)21-15-7-5-6-8-15/h11-13,15-16H,2-10,14H2,1H3,(H,21,23). The van der Waals surface area contributed by atoms with Crippen molar-refractivity contribution in [3.8, 4) is 0 Å². The fourth-order valence-electron chi connectivity index (χ4n) is 3.89. The van der Waals surface area contributed by atoms with Gasteiger partial charge in [0.1, 0.15) is 4.90 Å². The molecule has 0 spiro atoms. The maximum absolute atomic E-state index is 12.8. The lowest BCUT2D eigenvalue weighted by molar-refractivity contribution is -0.119. The molecule has 0 radical (unpaired) electrons. The fourth-order valence-corrected chi connectivity index (χ4v) is 5.91. The molecule has 0 bridgehead atoms. The number of thioether (sulfide) groups is 1. The van der Waals surface area contributed by atoms with Crippen LogP contribution < -0.4 is 5.32 Å². The molecule has 0 atom stereocenters. The van der Waals surface area contributed by atoms with Crippen molar-refractivity contribution in [2.75, 3.05) is 12.8 Å². The molecule has 3 rings (SSSR count). The molecular formula is C19H29N3O3S2. The largest absolute Gasteiger partial charge is 0.353 e. The Morgan fingerprint density at radius 2 is 1.81 bits per heavy atom. The topological polar surface area (TPSA) is 79.4 Å². The van der Waals surface area contributed by atoms with E-state index in [1.165, 1.54) is 41.5 Å². The molecule has 0 unspecified atom stereocenters. The van der Waals surface area contributed by atoms with Gasteiger partial charge in [0.2, 0.25) is 15.9 Å². The number of sulfonamides is 1. The van der Waals surface area contributed by atoms with Crippen molar-refractivity contribution in [2.45, 2.75) is 79.8 Å². The summed E-state index contributed by atoms with van der Waals surface area (Å²) in [4.78, 5) is 16.5. The molecule has 2 aliphatic rings. The zero-order valence-corrected chi connectivity index (χ0v) is 17.5. The average molecular weight is 412 g/mol. The van der Waals surface area contributed by atoms with Crippen LogP contribution in [0.3, 0.4) is 0 Å². The van der Waals surface area contributed by atoms with Crippen LogP contribution >= 0.6 is 11.8 Å². The van der Waals surface area contributed by atoms with Crippen LogP contribution in [0.4, 0.5) is 0 Å². The highest BCUT2D eigenvalue weighted by molar-refractivity contribution is 7.99. The van der Waals surface area contributed by atoms with Crippen LogP contribution in [-0.4, -0.2) is 48.5 Å². The van der Waals surface area contributed by atoms with Gasteiger partial charge in [-0.2, -0.15) is 4.31 Å². The summed E-state index contributed by atoms with van der Waals surface area (Å²) in [5.41, 5.74) is 0. The molecule has 0 aliphatic heterocycles. The first-order valence-electron chi connectivity index (χ1n) is 9.83. The predicted octanol–water partition coefficient (Wildman–Crippen LogP) is 3.19. The first-order valence-corrected chi connectivity index (χ1v) is 12.3. The third kappa shape index (κ3) is 5.45. The van der Waals surface area contributed by atoms with Gasteiger partial charge in [-0.25, -0.2) is 13.4 Å². The van der Waals surface area contributed by atoms with Gasteiger partial charge in [-0.3, -0.25) is 4.79 Å². The summed E-state index contributed by atoms with van der Waals surface area (Å²) >= 11 is 1.34. The molecule has 6 nitrogen and oxygen atoms in total. The molecule has 8 heteroatoms. The molecule has 0 aromatic carbocycles. The Morgan fingerprint density at radius 1 is 1.15 bits per heavy atom. The second kappa shape index (κ2) is 9.39. The van der Waals surface area contributed by atoms with Crippen molar-refractivity contribution >= 4 is 27.7 Å². The highest BCUT2D eigenvalue weighted by Gasteiger charge is 2.29. The number of pyridine rings is 1. The number of nitrogens with one attached hydrogen (secondary N) is 1. The Bertz CT molecular complexity index is 725. The zero-order chi connectivity index (χ0) is 19.3. The Labute approximate surface area is 166 Å². The lowest BCUT2D eigenvalue weighted by atomic mass is 9.96. The van der Waals surface area contributed by atoms with Crippen LogP contribution in [0.25, 0.3) is 0 Å². The summed E-state index contributed by atoms with van der Waals surface area (Å²) in [5, 5.41) is 3.71. The van der Waals surface area contributed by atoms with Crippen LogP contribution in [-0.2, 0) is 14.8 Å². The molecular weight excluding hydrogens is 382 g/mol. The van der Waals surface area contributed by atoms with E-state index in [-0.39, 0.29) is 16.8 Å². The van der Waals surface area contributed by atoms with E-state index < -0.39 is 10.0 Å². The second-order valence-corrected chi connectivity index (χ2v) is 10.5. The Balaban J connectivity index is 1.54. The van der Waals surface area contributed by atoms with Gasteiger partial charge < -0.3 is 5.32 Å². The van der Waals surface area contributed by atoms with Gasteiger partial charge in [-0.15, -0.1) is 0 Å². The summed E-state index contributed by atoms with van der Waals surface area (Å²) in [6, 6.07) is 3.68. The average Bonchev–Trinajstić information content (AvgIpc) is 3.19. The molecule has 1 heterocycles. The van der Waals surface area contributed by atoms with E-state index in [0.29, 0.717) is 16.8 Å². The molecule has 1 amide bonds. The molecule has 27 heavy (non-hydrogen) atoms. The summed E-state index contributed by atoms with van der Waals surface area (Å²) in [6.45, 7) is 0. The Morgan fingerprint density at radius 3 is 2.44 bits per heavy atom. The van der Waals surface area contributed by atoms with Gasteiger partial charge in [0, 0.05) is 25.3 Å².